The molecule has 0 saturated heterocycles. The number of hydrogen-bond donors (Lipinski definition) is 1. The molecule has 0 aliphatic carbocycles. The van der Waals surface area contributed by atoms with E-state index in [4.69, 9.17) is 26.3 Å². The van der Waals surface area contributed by atoms with E-state index in [1.165, 1.54) is 6.21 Å². The highest BCUT2D eigenvalue weighted by atomic mass is 35.5. The highest BCUT2D eigenvalue weighted by Crippen LogP contribution is 2.29. The molecule has 2 rings (SSSR count). The van der Waals surface area contributed by atoms with E-state index in [2.05, 4.69) is 5.16 Å². The van der Waals surface area contributed by atoms with E-state index in [-0.39, 0.29) is 0 Å². The maximum absolute atomic E-state index is 8.57. The molecule has 0 amide bonds. The molecule has 0 saturated carbocycles. The molecule has 0 aromatic heterocycles. The van der Waals surface area contributed by atoms with Crippen LogP contribution >= 0.6 is 11.6 Å². The van der Waals surface area contributed by atoms with Gasteiger partial charge in [-0.05, 0) is 42.8 Å². The molecule has 2 aromatic rings. The topological polar surface area (TPSA) is 51.0 Å². The van der Waals surface area contributed by atoms with Crippen LogP contribution in [-0.2, 0) is 6.61 Å². The van der Waals surface area contributed by atoms with Crippen molar-refractivity contribution in [3.8, 4) is 11.5 Å². The molecule has 0 aliphatic rings. The standard InChI is InChI=1S/C16H16ClNO3/c1-2-20-16-9-12(10-18-19)6-7-15(16)21-11-13-4-3-5-14(17)8-13/h3-10,19H,2,11H2,1H3. The van der Waals surface area contributed by atoms with Gasteiger partial charge in [0.15, 0.2) is 11.5 Å². The predicted molar refractivity (Wildman–Crippen MR) is 82.8 cm³/mol. The lowest BCUT2D eigenvalue weighted by Crippen LogP contribution is -2.00. The van der Waals surface area contributed by atoms with E-state index >= 15 is 0 Å². The van der Waals surface area contributed by atoms with Crippen LogP contribution in [0.25, 0.3) is 0 Å². The third kappa shape index (κ3) is 4.39. The molecule has 0 radical (unpaired) electrons. The number of rotatable bonds is 6. The molecule has 1 N–H and O–H groups in total. The quantitative estimate of drug-likeness (QED) is 0.496. The first-order valence-electron chi connectivity index (χ1n) is 6.54. The first-order chi connectivity index (χ1) is 10.2. The van der Waals surface area contributed by atoms with Crippen LogP contribution in [0, 0.1) is 0 Å². The maximum atomic E-state index is 8.57. The van der Waals surface area contributed by atoms with Gasteiger partial charge in [-0.25, -0.2) is 0 Å². The smallest absolute Gasteiger partial charge is 0.161 e. The van der Waals surface area contributed by atoms with Crippen LogP contribution in [0.4, 0.5) is 0 Å². The first-order valence-corrected chi connectivity index (χ1v) is 6.92. The normalized spacial score (nSPS) is 10.8. The molecular formula is C16H16ClNO3. The Bertz CT molecular complexity index is 629. The lowest BCUT2D eigenvalue weighted by molar-refractivity contribution is 0.269. The highest BCUT2D eigenvalue weighted by Gasteiger charge is 2.06. The van der Waals surface area contributed by atoms with Crippen molar-refractivity contribution in [1.82, 2.24) is 0 Å². The first kappa shape index (κ1) is 15.2. The number of benzene rings is 2. The number of halogens is 1. The van der Waals surface area contributed by atoms with Gasteiger partial charge in [0.2, 0.25) is 0 Å². The molecule has 5 heteroatoms. The Morgan fingerprint density at radius 3 is 2.71 bits per heavy atom. The fourth-order valence-electron chi connectivity index (χ4n) is 1.85. The van der Waals surface area contributed by atoms with Crippen molar-refractivity contribution < 1.29 is 14.7 Å². The summed E-state index contributed by atoms with van der Waals surface area (Å²) in [5.41, 5.74) is 1.71. The second-order valence-corrected chi connectivity index (χ2v) is 4.74. The van der Waals surface area contributed by atoms with Crippen molar-refractivity contribution in [2.24, 2.45) is 5.16 Å². The van der Waals surface area contributed by atoms with Gasteiger partial charge in [0, 0.05) is 10.6 Å². The number of hydrogen-bond acceptors (Lipinski definition) is 4. The minimum Gasteiger partial charge on any atom is -0.490 e. The van der Waals surface area contributed by atoms with Crippen molar-refractivity contribution in [2.45, 2.75) is 13.5 Å². The summed E-state index contributed by atoms with van der Waals surface area (Å²) in [7, 11) is 0. The molecular weight excluding hydrogens is 290 g/mol. The van der Waals surface area contributed by atoms with Gasteiger partial charge in [-0.2, -0.15) is 0 Å². The molecule has 0 unspecified atom stereocenters. The summed E-state index contributed by atoms with van der Waals surface area (Å²) < 4.78 is 11.3. The molecule has 4 nitrogen and oxygen atoms in total. The Balaban J connectivity index is 2.14. The van der Waals surface area contributed by atoms with E-state index in [0.717, 1.165) is 11.1 Å². The Labute approximate surface area is 128 Å². The summed E-state index contributed by atoms with van der Waals surface area (Å²) in [5, 5.41) is 12.3. The minimum absolute atomic E-state index is 0.397. The Hall–Kier alpha value is -2.20. The van der Waals surface area contributed by atoms with Gasteiger partial charge in [-0.1, -0.05) is 28.9 Å². The zero-order valence-electron chi connectivity index (χ0n) is 11.6. The van der Waals surface area contributed by atoms with Gasteiger partial charge in [0.1, 0.15) is 6.61 Å². The summed E-state index contributed by atoms with van der Waals surface area (Å²) in [5.74, 6) is 1.24. The SMILES string of the molecule is CCOc1cc(C=NO)ccc1OCc1cccc(Cl)c1. The minimum atomic E-state index is 0.397. The van der Waals surface area contributed by atoms with Crippen LogP contribution in [0.5, 0.6) is 11.5 Å². The van der Waals surface area contributed by atoms with Crippen LogP contribution in [-0.4, -0.2) is 18.0 Å². The lowest BCUT2D eigenvalue weighted by Gasteiger charge is -2.12. The third-order valence-electron chi connectivity index (χ3n) is 2.76. The number of oxime groups is 1. The van der Waals surface area contributed by atoms with Crippen LogP contribution in [0.15, 0.2) is 47.6 Å². The third-order valence-corrected chi connectivity index (χ3v) is 2.99. The lowest BCUT2D eigenvalue weighted by atomic mass is 10.2. The molecule has 21 heavy (non-hydrogen) atoms. The summed E-state index contributed by atoms with van der Waals surface area (Å²) in [4.78, 5) is 0. The Morgan fingerprint density at radius 1 is 1.14 bits per heavy atom. The van der Waals surface area contributed by atoms with Gasteiger partial charge in [-0.15, -0.1) is 0 Å². The van der Waals surface area contributed by atoms with Crippen molar-refractivity contribution in [3.63, 3.8) is 0 Å². The second-order valence-electron chi connectivity index (χ2n) is 4.30. The van der Waals surface area contributed by atoms with E-state index in [1.807, 2.05) is 31.2 Å². The van der Waals surface area contributed by atoms with E-state index in [0.29, 0.717) is 29.7 Å². The molecule has 0 aliphatic heterocycles. The predicted octanol–water partition coefficient (Wildman–Crippen LogP) is 4.13. The monoisotopic (exact) mass is 305 g/mol. The van der Waals surface area contributed by atoms with Crippen LogP contribution in [0.1, 0.15) is 18.1 Å². The van der Waals surface area contributed by atoms with Crippen molar-refractivity contribution >= 4 is 17.8 Å². The van der Waals surface area contributed by atoms with Gasteiger partial charge in [0.05, 0.1) is 12.8 Å². The average molecular weight is 306 g/mol. The van der Waals surface area contributed by atoms with E-state index < -0.39 is 0 Å². The zero-order chi connectivity index (χ0) is 15.1. The Kier molecular flexibility index (Phi) is 5.46. The van der Waals surface area contributed by atoms with Crippen molar-refractivity contribution in [3.05, 3.63) is 58.6 Å². The van der Waals surface area contributed by atoms with E-state index in [9.17, 15) is 0 Å². The summed E-state index contributed by atoms with van der Waals surface area (Å²) in [6, 6.07) is 12.8. The molecule has 110 valence electrons. The summed E-state index contributed by atoms with van der Waals surface area (Å²) >= 11 is 5.94. The largest absolute Gasteiger partial charge is 0.490 e. The molecule has 0 bridgehead atoms. The fraction of sp³-hybridized carbons (Fsp3) is 0.188. The van der Waals surface area contributed by atoms with Crippen LogP contribution < -0.4 is 9.47 Å². The zero-order valence-corrected chi connectivity index (χ0v) is 12.4. The van der Waals surface area contributed by atoms with Crippen molar-refractivity contribution in [1.29, 1.82) is 0 Å². The average Bonchev–Trinajstić information content (AvgIpc) is 2.47. The summed E-state index contributed by atoms with van der Waals surface area (Å²) in [6.07, 6.45) is 1.34. The Morgan fingerprint density at radius 2 is 2.00 bits per heavy atom. The fourth-order valence-corrected chi connectivity index (χ4v) is 2.06. The van der Waals surface area contributed by atoms with Gasteiger partial charge < -0.3 is 14.7 Å². The second kappa shape index (κ2) is 7.55. The van der Waals surface area contributed by atoms with Gasteiger partial charge >= 0.3 is 0 Å². The van der Waals surface area contributed by atoms with Crippen LogP contribution in [0.2, 0.25) is 5.02 Å². The molecule has 0 fully saturated rings. The molecule has 2 aromatic carbocycles. The van der Waals surface area contributed by atoms with Gasteiger partial charge in [-0.3, -0.25) is 0 Å². The maximum Gasteiger partial charge on any atom is 0.161 e. The summed E-state index contributed by atoms with van der Waals surface area (Å²) in [6.45, 7) is 2.81. The molecule has 0 atom stereocenters. The number of nitrogens with zero attached hydrogens (tertiary/aromatic N) is 1. The molecule has 0 spiro atoms. The van der Waals surface area contributed by atoms with Gasteiger partial charge in [0.25, 0.3) is 0 Å². The number of ether oxygens (including phenoxy) is 2. The van der Waals surface area contributed by atoms with E-state index in [1.54, 1.807) is 18.2 Å². The molecule has 0 heterocycles. The van der Waals surface area contributed by atoms with Crippen LogP contribution in [0.3, 0.4) is 0 Å². The highest BCUT2D eigenvalue weighted by molar-refractivity contribution is 6.30. The van der Waals surface area contributed by atoms with Crippen molar-refractivity contribution in [2.75, 3.05) is 6.61 Å².